The lowest BCUT2D eigenvalue weighted by Gasteiger charge is -2.19. The van der Waals surface area contributed by atoms with E-state index in [4.69, 9.17) is 10.5 Å². The fourth-order valence-corrected chi connectivity index (χ4v) is 1.67. The standard InChI is InChI=1S/C9H20N2O/c1-8(5-10)6-11-4-3-9(7-11)12-2/h8-9H,3-7,10H2,1-2H3. The minimum absolute atomic E-state index is 0.454. The van der Waals surface area contributed by atoms with Gasteiger partial charge in [-0.2, -0.15) is 0 Å². The Morgan fingerprint density at radius 2 is 2.42 bits per heavy atom. The molecule has 2 unspecified atom stereocenters. The summed E-state index contributed by atoms with van der Waals surface area (Å²) >= 11 is 0. The second-order valence-electron chi connectivity index (χ2n) is 3.75. The van der Waals surface area contributed by atoms with Crippen LogP contribution < -0.4 is 5.73 Å². The number of nitrogens with two attached hydrogens (primary N) is 1. The molecular formula is C9H20N2O. The van der Waals surface area contributed by atoms with E-state index in [2.05, 4.69) is 11.8 Å². The van der Waals surface area contributed by atoms with E-state index in [0.29, 0.717) is 12.0 Å². The summed E-state index contributed by atoms with van der Waals surface area (Å²) in [6.07, 6.45) is 1.63. The van der Waals surface area contributed by atoms with Gasteiger partial charge in [0.05, 0.1) is 6.10 Å². The van der Waals surface area contributed by atoms with Gasteiger partial charge in [0, 0.05) is 26.7 Å². The predicted octanol–water partition coefficient (Wildman–Crippen LogP) is 0.302. The molecule has 0 aromatic carbocycles. The molecule has 2 N–H and O–H groups in total. The van der Waals surface area contributed by atoms with Crippen molar-refractivity contribution in [2.45, 2.75) is 19.4 Å². The Bertz CT molecular complexity index is 130. The van der Waals surface area contributed by atoms with Crippen molar-refractivity contribution in [3.63, 3.8) is 0 Å². The summed E-state index contributed by atoms with van der Waals surface area (Å²) in [6.45, 7) is 6.36. The van der Waals surface area contributed by atoms with Crippen LogP contribution >= 0.6 is 0 Å². The van der Waals surface area contributed by atoms with E-state index >= 15 is 0 Å². The van der Waals surface area contributed by atoms with E-state index in [0.717, 1.165) is 19.6 Å². The van der Waals surface area contributed by atoms with Crippen LogP contribution in [0.3, 0.4) is 0 Å². The average molecular weight is 172 g/mol. The Morgan fingerprint density at radius 1 is 1.67 bits per heavy atom. The zero-order valence-corrected chi connectivity index (χ0v) is 8.12. The van der Waals surface area contributed by atoms with Crippen LogP contribution in [0.2, 0.25) is 0 Å². The van der Waals surface area contributed by atoms with Crippen molar-refractivity contribution < 1.29 is 4.74 Å². The summed E-state index contributed by atoms with van der Waals surface area (Å²) in [4.78, 5) is 2.44. The normalized spacial score (nSPS) is 27.8. The maximum absolute atomic E-state index is 5.56. The third-order valence-corrected chi connectivity index (χ3v) is 2.53. The van der Waals surface area contributed by atoms with Crippen molar-refractivity contribution in [2.24, 2.45) is 11.7 Å². The minimum Gasteiger partial charge on any atom is -0.380 e. The summed E-state index contributed by atoms with van der Waals surface area (Å²) in [7, 11) is 1.79. The molecule has 72 valence electrons. The molecule has 1 aliphatic heterocycles. The molecule has 0 amide bonds. The lowest BCUT2D eigenvalue weighted by Crippen LogP contribution is -2.30. The van der Waals surface area contributed by atoms with Gasteiger partial charge < -0.3 is 15.4 Å². The molecular weight excluding hydrogens is 152 g/mol. The monoisotopic (exact) mass is 172 g/mol. The maximum Gasteiger partial charge on any atom is 0.0710 e. The highest BCUT2D eigenvalue weighted by Gasteiger charge is 2.22. The Kier molecular flexibility index (Phi) is 3.98. The first kappa shape index (κ1) is 9.96. The number of likely N-dealkylation sites (tertiary alicyclic amines) is 1. The molecule has 1 fully saturated rings. The largest absolute Gasteiger partial charge is 0.380 e. The molecule has 0 aromatic heterocycles. The molecule has 1 saturated heterocycles. The van der Waals surface area contributed by atoms with Gasteiger partial charge in [-0.1, -0.05) is 6.92 Å². The molecule has 3 heteroatoms. The van der Waals surface area contributed by atoms with Crippen molar-refractivity contribution in [1.82, 2.24) is 4.90 Å². The number of hydrogen-bond acceptors (Lipinski definition) is 3. The quantitative estimate of drug-likeness (QED) is 0.663. The van der Waals surface area contributed by atoms with Crippen molar-refractivity contribution >= 4 is 0 Å². The minimum atomic E-state index is 0.454. The Labute approximate surface area is 74.9 Å². The number of methoxy groups -OCH3 is 1. The van der Waals surface area contributed by atoms with E-state index in [1.165, 1.54) is 13.0 Å². The van der Waals surface area contributed by atoms with Crippen molar-refractivity contribution in [2.75, 3.05) is 33.3 Å². The smallest absolute Gasteiger partial charge is 0.0710 e. The zero-order valence-electron chi connectivity index (χ0n) is 8.12. The van der Waals surface area contributed by atoms with E-state index < -0.39 is 0 Å². The lowest BCUT2D eigenvalue weighted by atomic mass is 10.2. The van der Waals surface area contributed by atoms with E-state index in [9.17, 15) is 0 Å². The van der Waals surface area contributed by atoms with Gasteiger partial charge in [0.25, 0.3) is 0 Å². The summed E-state index contributed by atoms with van der Waals surface area (Å²) in [6, 6.07) is 0. The molecule has 0 spiro atoms. The lowest BCUT2D eigenvalue weighted by molar-refractivity contribution is 0.106. The van der Waals surface area contributed by atoms with Gasteiger partial charge in [0.2, 0.25) is 0 Å². The van der Waals surface area contributed by atoms with Crippen LogP contribution in [0.4, 0.5) is 0 Å². The third-order valence-electron chi connectivity index (χ3n) is 2.53. The van der Waals surface area contributed by atoms with Crippen molar-refractivity contribution in [3.05, 3.63) is 0 Å². The summed E-state index contributed by atoms with van der Waals surface area (Å²) in [5.41, 5.74) is 5.56. The number of hydrogen-bond donors (Lipinski definition) is 1. The van der Waals surface area contributed by atoms with Crippen LogP contribution in [0, 0.1) is 5.92 Å². The molecule has 3 nitrogen and oxygen atoms in total. The van der Waals surface area contributed by atoms with E-state index in [-0.39, 0.29) is 0 Å². The summed E-state index contributed by atoms with van der Waals surface area (Å²) < 4.78 is 5.28. The fraction of sp³-hybridized carbons (Fsp3) is 1.00. The highest BCUT2D eigenvalue weighted by molar-refractivity contribution is 4.76. The average Bonchev–Trinajstić information content (AvgIpc) is 2.52. The van der Waals surface area contributed by atoms with E-state index in [1.807, 2.05) is 0 Å². The predicted molar refractivity (Wildman–Crippen MR) is 50.1 cm³/mol. The van der Waals surface area contributed by atoms with Gasteiger partial charge in [-0.3, -0.25) is 0 Å². The van der Waals surface area contributed by atoms with Crippen LogP contribution in [0.5, 0.6) is 0 Å². The Morgan fingerprint density at radius 3 is 2.92 bits per heavy atom. The Balaban J connectivity index is 2.18. The van der Waals surface area contributed by atoms with Crippen LogP contribution in [-0.4, -0.2) is 44.3 Å². The van der Waals surface area contributed by atoms with Gasteiger partial charge in [-0.25, -0.2) is 0 Å². The van der Waals surface area contributed by atoms with Gasteiger partial charge in [0.15, 0.2) is 0 Å². The third kappa shape index (κ3) is 2.73. The molecule has 0 aliphatic carbocycles. The van der Waals surface area contributed by atoms with Crippen LogP contribution in [0.25, 0.3) is 0 Å². The summed E-state index contributed by atoms with van der Waals surface area (Å²) in [5.74, 6) is 0.612. The van der Waals surface area contributed by atoms with Gasteiger partial charge in [0.1, 0.15) is 0 Å². The topological polar surface area (TPSA) is 38.5 Å². The highest BCUT2D eigenvalue weighted by atomic mass is 16.5. The molecule has 1 aliphatic rings. The van der Waals surface area contributed by atoms with Gasteiger partial charge >= 0.3 is 0 Å². The second-order valence-corrected chi connectivity index (χ2v) is 3.75. The summed E-state index contributed by atoms with van der Waals surface area (Å²) in [5, 5.41) is 0. The number of nitrogens with zero attached hydrogens (tertiary/aromatic N) is 1. The first-order valence-corrected chi connectivity index (χ1v) is 4.71. The first-order chi connectivity index (χ1) is 5.76. The SMILES string of the molecule is COC1CCN(CC(C)CN)C1. The molecule has 0 saturated carbocycles. The van der Waals surface area contributed by atoms with Crippen LogP contribution in [-0.2, 0) is 4.74 Å². The molecule has 1 heterocycles. The van der Waals surface area contributed by atoms with Crippen LogP contribution in [0.15, 0.2) is 0 Å². The van der Waals surface area contributed by atoms with Crippen molar-refractivity contribution in [3.8, 4) is 0 Å². The molecule has 12 heavy (non-hydrogen) atoms. The fourth-order valence-electron chi connectivity index (χ4n) is 1.67. The molecule has 2 atom stereocenters. The zero-order chi connectivity index (χ0) is 8.97. The number of ether oxygens (including phenoxy) is 1. The maximum atomic E-state index is 5.56. The Hall–Kier alpha value is -0.120. The highest BCUT2D eigenvalue weighted by Crippen LogP contribution is 2.12. The second kappa shape index (κ2) is 4.80. The molecule has 0 radical (unpaired) electrons. The molecule has 1 rings (SSSR count). The molecule has 0 bridgehead atoms. The first-order valence-electron chi connectivity index (χ1n) is 4.71. The van der Waals surface area contributed by atoms with Crippen LogP contribution in [0.1, 0.15) is 13.3 Å². The van der Waals surface area contributed by atoms with Gasteiger partial charge in [-0.15, -0.1) is 0 Å². The van der Waals surface area contributed by atoms with Crippen molar-refractivity contribution in [1.29, 1.82) is 0 Å². The van der Waals surface area contributed by atoms with Gasteiger partial charge in [-0.05, 0) is 18.9 Å². The number of rotatable bonds is 4. The van der Waals surface area contributed by atoms with E-state index in [1.54, 1.807) is 7.11 Å². The molecule has 0 aromatic rings.